The van der Waals surface area contributed by atoms with Crippen molar-refractivity contribution in [3.8, 4) is 0 Å². The molecule has 0 saturated carbocycles. The molecule has 0 aromatic heterocycles. The average Bonchev–Trinajstić information content (AvgIpc) is 2.88. The minimum Gasteiger partial charge on any atom is -0.0616 e. The summed E-state index contributed by atoms with van der Waals surface area (Å²) in [6.07, 6.45) is 0. The van der Waals surface area contributed by atoms with Crippen molar-refractivity contribution in [1.29, 1.82) is 0 Å². The summed E-state index contributed by atoms with van der Waals surface area (Å²) < 4.78 is 0. The normalized spacial score (nSPS) is 11.1. The summed E-state index contributed by atoms with van der Waals surface area (Å²) in [7, 11) is 0. The Hall–Kier alpha value is -4.16. The fourth-order valence-electron chi connectivity index (χ4n) is 4.72. The van der Waals surface area contributed by atoms with E-state index in [2.05, 4.69) is 133 Å². The Morgan fingerprint density at radius 3 is 0.812 bits per heavy atom. The van der Waals surface area contributed by atoms with Gasteiger partial charge in [0.05, 0.1) is 0 Å². The first-order valence-corrected chi connectivity index (χ1v) is 11.0. The average molecular weight is 407 g/mol. The molecule has 0 N–H and O–H groups in total. The highest BCUT2D eigenvalue weighted by Crippen LogP contribution is 2.36. The SMILES string of the molecule is c1ccc2cc3c4ccccc4c4ccccc4c3cc2c1.c1ccc2ccccc2c1. The molecule has 0 amide bonds. The Morgan fingerprint density at radius 1 is 0.219 bits per heavy atom. The monoisotopic (exact) mass is 406 g/mol. The van der Waals surface area contributed by atoms with Crippen LogP contribution in [0, 0.1) is 0 Å². The molecular formula is C32H22. The molecule has 32 heavy (non-hydrogen) atoms. The smallest absolute Gasteiger partial charge is 0.00926 e. The van der Waals surface area contributed by atoms with Crippen LogP contribution in [0.1, 0.15) is 0 Å². The third-order valence-corrected chi connectivity index (χ3v) is 6.27. The summed E-state index contributed by atoms with van der Waals surface area (Å²) >= 11 is 0. The second kappa shape index (κ2) is 7.83. The predicted molar refractivity (Wildman–Crippen MR) is 140 cm³/mol. The molecule has 7 aromatic carbocycles. The lowest BCUT2D eigenvalue weighted by atomic mass is 9.92. The fourth-order valence-corrected chi connectivity index (χ4v) is 4.72. The van der Waals surface area contributed by atoms with Gasteiger partial charge in [-0.25, -0.2) is 0 Å². The summed E-state index contributed by atoms with van der Waals surface area (Å²) in [5.41, 5.74) is 0. The maximum atomic E-state index is 2.33. The van der Waals surface area contributed by atoms with E-state index in [9.17, 15) is 0 Å². The van der Waals surface area contributed by atoms with Gasteiger partial charge in [0.25, 0.3) is 0 Å². The quantitative estimate of drug-likeness (QED) is 0.174. The molecule has 0 nitrogen and oxygen atoms in total. The van der Waals surface area contributed by atoms with Crippen molar-refractivity contribution in [2.45, 2.75) is 0 Å². The highest BCUT2D eigenvalue weighted by Gasteiger charge is 2.08. The molecule has 0 heterocycles. The van der Waals surface area contributed by atoms with E-state index in [4.69, 9.17) is 0 Å². The van der Waals surface area contributed by atoms with Gasteiger partial charge in [-0.15, -0.1) is 0 Å². The van der Waals surface area contributed by atoms with Gasteiger partial charge >= 0.3 is 0 Å². The zero-order valence-electron chi connectivity index (χ0n) is 17.7. The van der Waals surface area contributed by atoms with Crippen LogP contribution in [0.25, 0.3) is 53.9 Å². The maximum absolute atomic E-state index is 2.33. The minimum atomic E-state index is 1.30. The largest absolute Gasteiger partial charge is 0.0616 e. The van der Waals surface area contributed by atoms with E-state index >= 15 is 0 Å². The number of hydrogen-bond acceptors (Lipinski definition) is 0. The molecule has 0 aliphatic rings. The van der Waals surface area contributed by atoms with Crippen molar-refractivity contribution in [3.63, 3.8) is 0 Å². The molecule has 0 heteroatoms. The van der Waals surface area contributed by atoms with Gasteiger partial charge in [0.15, 0.2) is 0 Å². The zero-order valence-corrected chi connectivity index (χ0v) is 17.7. The molecule has 0 atom stereocenters. The van der Waals surface area contributed by atoms with E-state index in [1.54, 1.807) is 0 Å². The summed E-state index contributed by atoms with van der Waals surface area (Å²) in [6.45, 7) is 0. The Labute approximate surface area is 187 Å². The lowest BCUT2D eigenvalue weighted by Gasteiger charge is -2.11. The van der Waals surface area contributed by atoms with Crippen LogP contribution in [-0.2, 0) is 0 Å². The van der Waals surface area contributed by atoms with Gasteiger partial charge in [0.2, 0.25) is 0 Å². The third-order valence-electron chi connectivity index (χ3n) is 6.27. The first-order chi connectivity index (χ1) is 15.9. The van der Waals surface area contributed by atoms with Crippen LogP contribution in [0.3, 0.4) is 0 Å². The molecule has 0 saturated heterocycles. The second-order valence-electron chi connectivity index (χ2n) is 8.18. The predicted octanol–water partition coefficient (Wildman–Crippen LogP) is 9.14. The summed E-state index contributed by atoms with van der Waals surface area (Å²) in [5, 5.41) is 13.2. The summed E-state index contributed by atoms with van der Waals surface area (Å²) in [4.78, 5) is 0. The van der Waals surface area contributed by atoms with Crippen molar-refractivity contribution in [2.75, 3.05) is 0 Å². The molecule has 0 radical (unpaired) electrons. The van der Waals surface area contributed by atoms with Crippen molar-refractivity contribution in [3.05, 3.63) is 133 Å². The Balaban J connectivity index is 0.000000164. The summed E-state index contributed by atoms with van der Waals surface area (Å²) in [6, 6.07) is 47.4. The first-order valence-electron chi connectivity index (χ1n) is 11.0. The van der Waals surface area contributed by atoms with Gasteiger partial charge in [0, 0.05) is 0 Å². The van der Waals surface area contributed by atoms with Gasteiger partial charge in [-0.05, 0) is 66.0 Å². The minimum absolute atomic E-state index is 1.30. The number of rotatable bonds is 0. The van der Waals surface area contributed by atoms with E-state index in [0.29, 0.717) is 0 Å². The molecule has 0 spiro atoms. The van der Waals surface area contributed by atoms with Gasteiger partial charge in [-0.1, -0.05) is 121 Å². The van der Waals surface area contributed by atoms with Crippen molar-refractivity contribution >= 4 is 53.9 Å². The maximum Gasteiger partial charge on any atom is -0.00926 e. The number of hydrogen-bond donors (Lipinski definition) is 0. The van der Waals surface area contributed by atoms with Crippen LogP contribution in [0.15, 0.2) is 133 Å². The Kier molecular flexibility index (Phi) is 4.55. The molecular weight excluding hydrogens is 384 g/mol. The lowest BCUT2D eigenvalue weighted by Crippen LogP contribution is -1.83. The zero-order chi connectivity index (χ0) is 21.3. The number of fused-ring (bicyclic) bond motifs is 8. The molecule has 0 bridgehead atoms. The van der Waals surface area contributed by atoms with E-state index in [1.165, 1.54) is 53.9 Å². The molecule has 0 aliphatic heterocycles. The molecule has 150 valence electrons. The molecule has 0 fully saturated rings. The molecule has 0 unspecified atom stereocenters. The number of benzene rings is 7. The van der Waals surface area contributed by atoms with Gasteiger partial charge in [-0.2, -0.15) is 0 Å². The molecule has 0 aliphatic carbocycles. The lowest BCUT2D eigenvalue weighted by molar-refractivity contribution is 1.75. The van der Waals surface area contributed by atoms with Crippen LogP contribution in [0.4, 0.5) is 0 Å². The van der Waals surface area contributed by atoms with Crippen LogP contribution < -0.4 is 0 Å². The topological polar surface area (TPSA) is 0 Å². The first kappa shape index (κ1) is 18.6. The van der Waals surface area contributed by atoms with Crippen LogP contribution in [-0.4, -0.2) is 0 Å². The van der Waals surface area contributed by atoms with Gasteiger partial charge in [-0.3, -0.25) is 0 Å². The van der Waals surface area contributed by atoms with Crippen LogP contribution in [0.2, 0.25) is 0 Å². The van der Waals surface area contributed by atoms with E-state index in [1.807, 2.05) is 0 Å². The highest BCUT2D eigenvalue weighted by molar-refractivity contribution is 6.27. The second-order valence-corrected chi connectivity index (χ2v) is 8.18. The van der Waals surface area contributed by atoms with Crippen LogP contribution >= 0.6 is 0 Å². The van der Waals surface area contributed by atoms with Crippen molar-refractivity contribution in [2.24, 2.45) is 0 Å². The standard InChI is InChI=1S/C22H14.C10H8/c1-2-8-16-14-22-20-12-6-4-10-18(20)17-9-3-5-11-19(17)21(22)13-15(16)7-1;1-2-6-10-8-4-3-7-9(10)5-1/h1-14H;1-8H. The Bertz CT molecular complexity index is 1560. The van der Waals surface area contributed by atoms with Gasteiger partial charge in [0.1, 0.15) is 0 Å². The Morgan fingerprint density at radius 2 is 0.469 bits per heavy atom. The van der Waals surface area contributed by atoms with Crippen molar-refractivity contribution < 1.29 is 0 Å². The highest BCUT2D eigenvalue weighted by atomic mass is 14.1. The fraction of sp³-hybridized carbons (Fsp3) is 0. The van der Waals surface area contributed by atoms with Crippen LogP contribution in [0.5, 0.6) is 0 Å². The van der Waals surface area contributed by atoms with Crippen molar-refractivity contribution in [1.82, 2.24) is 0 Å². The van der Waals surface area contributed by atoms with E-state index < -0.39 is 0 Å². The third kappa shape index (κ3) is 3.18. The van der Waals surface area contributed by atoms with E-state index in [0.717, 1.165) is 0 Å². The van der Waals surface area contributed by atoms with Gasteiger partial charge < -0.3 is 0 Å². The van der Waals surface area contributed by atoms with E-state index in [-0.39, 0.29) is 0 Å². The molecule has 7 aromatic rings. The summed E-state index contributed by atoms with van der Waals surface area (Å²) in [5.74, 6) is 0. The molecule has 7 rings (SSSR count).